The number of hydrogen-bond acceptors (Lipinski definition) is 5. The Balaban J connectivity index is 1.72. The molecule has 0 saturated heterocycles. The van der Waals surface area contributed by atoms with Crippen molar-refractivity contribution in [3.8, 4) is 27.6 Å². The zero-order chi connectivity index (χ0) is 22.8. The van der Waals surface area contributed by atoms with Gasteiger partial charge >= 0.3 is 0 Å². The second-order valence-corrected chi connectivity index (χ2v) is 8.88. The van der Waals surface area contributed by atoms with Gasteiger partial charge in [-0.15, -0.1) is 11.3 Å². The number of halogens is 2. The lowest BCUT2D eigenvalue weighted by Gasteiger charge is -2.08. The summed E-state index contributed by atoms with van der Waals surface area (Å²) in [7, 11) is 0. The van der Waals surface area contributed by atoms with E-state index < -0.39 is 0 Å². The number of ether oxygens (including phenoxy) is 1. The maximum Gasteiger partial charge on any atom is 0.230 e. The molecule has 7 heteroatoms. The molecule has 2 heterocycles. The number of nitrogens with zero attached hydrogens (tertiary/aromatic N) is 2. The Hall–Kier alpha value is -3.12. The normalized spacial score (nSPS) is 11.8. The summed E-state index contributed by atoms with van der Waals surface area (Å²) in [6, 6.07) is 22.9. The molecule has 0 spiro atoms. The minimum absolute atomic E-state index is 0.416. The van der Waals surface area contributed by atoms with Crippen LogP contribution in [0.3, 0.4) is 0 Å². The van der Waals surface area contributed by atoms with Gasteiger partial charge in [0.2, 0.25) is 5.55 Å². The molecule has 3 aromatic carbocycles. The van der Waals surface area contributed by atoms with E-state index in [1.807, 2.05) is 79.0 Å². The Morgan fingerprint density at radius 2 is 1.82 bits per heavy atom. The monoisotopic (exact) mass is 492 g/mol. The highest BCUT2D eigenvalue weighted by atomic mass is 35.5. The standard InChI is InChI=1S/C26H18Cl2N2O2S/c1-2-31-23-9-5-6-17-14-19(25(32-24(17)23)29-21-8-4-3-7-20(21)28)26-30-22(15-33-26)16-10-12-18(27)13-11-16/h3-15H,2H2,1H3. The summed E-state index contributed by atoms with van der Waals surface area (Å²) < 4.78 is 12.1. The average molecular weight is 493 g/mol. The predicted octanol–water partition coefficient (Wildman–Crippen LogP) is 8.16. The summed E-state index contributed by atoms with van der Waals surface area (Å²) in [4.78, 5) is 9.62. The molecule has 2 aromatic heterocycles. The lowest BCUT2D eigenvalue weighted by atomic mass is 10.1. The van der Waals surface area contributed by atoms with Crippen LogP contribution in [-0.2, 0) is 0 Å². The highest BCUT2D eigenvalue weighted by Crippen LogP contribution is 2.32. The van der Waals surface area contributed by atoms with Gasteiger partial charge in [-0.05, 0) is 43.3 Å². The number of thiazole rings is 1. The summed E-state index contributed by atoms with van der Waals surface area (Å²) in [6.07, 6.45) is 0. The van der Waals surface area contributed by atoms with Gasteiger partial charge < -0.3 is 9.15 Å². The number of rotatable bonds is 5. The first-order valence-electron chi connectivity index (χ1n) is 10.3. The third-order valence-electron chi connectivity index (χ3n) is 4.99. The van der Waals surface area contributed by atoms with Gasteiger partial charge in [-0.3, -0.25) is 0 Å². The molecule has 164 valence electrons. The molecule has 5 rings (SSSR count). The summed E-state index contributed by atoms with van der Waals surface area (Å²) in [5.41, 5.74) is 4.29. The van der Waals surface area contributed by atoms with Crippen molar-refractivity contribution >= 4 is 51.2 Å². The number of fused-ring (bicyclic) bond motifs is 1. The van der Waals surface area contributed by atoms with Crippen LogP contribution < -0.4 is 10.3 Å². The van der Waals surface area contributed by atoms with Crippen molar-refractivity contribution in [2.75, 3.05) is 6.61 Å². The zero-order valence-corrected chi connectivity index (χ0v) is 19.9. The lowest BCUT2D eigenvalue weighted by Crippen LogP contribution is -2.06. The number of benzene rings is 3. The van der Waals surface area contributed by atoms with Gasteiger partial charge in [-0.1, -0.05) is 59.6 Å². The number of hydrogen-bond donors (Lipinski definition) is 0. The minimum atomic E-state index is 0.416. The Bertz CT molecular complexity index is 1510. The molecule has 0 amide bonds. The maximum absolute atomic E-state index is 6.38. The van der Waals surface area contributed by atoms with Crippen LogP contribution in [0.15, 0.2) is 87.6 Å². The molecule has 0 bridgehead atoms. The van der Waals surface area contributed by atoms with Crippen LogP contribution >= 0.6 is 34.5 Å². The van der Waals surface area contributed by atoms with Crippen LogP contribution in [-0.4, -0.2) is 11.6 Å². The average Bonchev–Trinajstić information content (AvgIpc) is 3.31. The van der Waals surface area contributed by atoms with E-state index in [1.165, 1.54) is 11.3 Å². The quantitative estimate of drug-likeness (QED) is 0.248. The van der Waals surface area contributed by atoms with Crippen LogP contribution in [0.1, 0.15) is 6.92 Å². The van der Waals surface area contributed by atoms with E-state index in [1.54, 1.807) is 6.07 Å². The van der Waals surface area contributed by atoms with Crippen molar-refractivity contribution in [1.82, 2.24) is 4.98 Å². The topological polar surface area (TPSA) is 47.6 Å². The van der Waals surface area contributed by atoms with Crippen LogP contribution in [0.4, 0.5) is 5.69 Å². The molecule has 0 atom stereocenters. The Kier molecular flexibility index (Phi) is 6.18. The number of para-hydroxylation sites is 2. The maximum atomic E-state index is 6.38. The molecule has 5 aromatic rings. The van der Waals surface area contributed by atoms with E-state index in [2.05, 4.69) is 0 Å². The molecule has 0 unspecified atom stereocenters. The van der Waals surface area contributed by atoms with Crippen LogP contribution in [0.2, 0.25) is 10.0 Å². The minimum Gasteiger partial charge on any atom is -0.490 e. The van der Waals surface area contributed by atoms with Crippen molar-refractivity contribution < 1.29 is 9.15 Å². The van der Waals surface area contributed by atoms with Crippen molar-refractivity contribution in [2.45, 2.75) is 6.92 Å². The van der Waals surface area contributed by atoms with Gasteiger partial charge in [0.1, 0.15) is 5.01 Å². The smallest absolute Gasteiger partial charge is 0.230 e. The predicted molar refractivity (Wildman–Crippen MR) is 136 cm³/mol. The van der Waals surface area contributed by atoms with Crippen molar-refractivity contribution in [3.63, 3.8) is 0 Å². The Labute approximate surface area is 204 Å². The highest BCUT2D eigenvalue weighted by Gasteiger charge is 2.15. The van der Waals surface area contributed by atoms with Gasteiger partial charge in [-0.2, -0.15) is 0 Å². The molecule has 0 radical (unpaired) electrons. The number of aromatic nitrogens is 1. The van der Waals surface area contributed by atoms with E-state index in [9.17, 15) is 0 Å². The Morgan fingerprint density at radius 3 is 2.61 bits per heavy atom. The summed E-state index contributed by atoms with van der Waals surface area (Å²) >= 11 is 13.9. The molecule has 0 aliphatic rings. The van der Waals surface area contributed by atoms with Gasteiger partial charge in [0.05, 0.1) is 28.6 Å². The molecule has 0 aliphatic heterocycles. The van der Waals surface area contributed by atoms with Crippen molar-refractivity contribution in [1.29, 1.82) is 0 Å². The molecule has 0 N–H and O–H groups in total. The first-order valence-corrected chi connectivity index (χ1v) is 12.0. The fourth-order valence-electron chi connectivity index (χ4n) is 3.43. The van der Waals surface area contributed by atoms with Gasteiger partial charge in [0.25, 0.3) is 0 Å². The van der Waals surface area contributed by atoms with Gasteiger partial charge in [-0.25, -0.2) is 9.98 Å². The molecule has 33 heavy (non-hydrogen) atoms. The fourth-order valence-corrected chi connectivity index (χ4v) is 4.57. The van der Waals surface area contributed by atoms with E-state index in [0.717, 1.165) is 27.2 Å². The van der Waals surface area contributed by atoms with E-state index in [0.29, 0.717) is 39.2 Å². The van der Waals surface area contributed by atoms with Crippen LogP contribution in [0.5, 0.6) is 5.75 Å². The molecule has 0 fully saturated rings. The second kappa shape index (κ2) is 9.40. The van der Waals surface area contributed by atoms with Crippen LogP contribution in [0.25, 0.3) is 32.8 Å². The third-order valence-corrected chi connectivity index (χ3v) is 6.43. The van der Waals surface area contributed by atoms with E-state index in [-0.39, 0.29) is 0 Å². The summed E-state index contributed by atoms with van der Waals surface area (Å²) in [5, 5.41) is 4.93. The molecular formula is C26H18Cl2N2O2S. The van der Waals surface area contributed by atoms with Crippen LogP contribution in [0, 0.1) is 0 Å². The lowest BCUT2D eigenvalue weighted by molar-refractivity contribution is 0.337. The van der Waals surface area contributed by atoms with Gasteiger partial charge in [0, 0.05) is 21.4 Å². The first kappa shape index (κ1) is 21.7. The van der Waals surface area contributed by atoms with E-state index >= 15 is 0 Å². The van der Waals surface area contributed by atoms with E-state index in [4.69, 9.17) is 42.3 Å². The Morgan fingerprint density at radius 1 is 1.00 bits per heavy atom. The third kappa shape index (κ3) is 4.53. The highest BCUT2D eigenvalue weighted by molar-refractivity contribution is 7.13. The van der Waals surface area contributed by atoms with Crippen molar-refractivity contribution in [3.05, 3.63) is 93.8 Å². The molecular weight excluding hydrogens is 475 g/mol. The fraction of sp³-hybridized carbons (Fsp3) is 0.0769. The zero-order valence-electron chi connectivity index (χ0n) is 17.6. The largest absolute Gasteiger partial charge is 0.490 e. The molecule has 0 saturated carbocycles. The summed E-state index contributed by atoms with van der Waals surface area (Å²) in [5.74, 6) is 0.665. The molecule has 4 nitrogen and oxygen atoms in total. The second-order valence-electron chi connectivity index (χ2n) is 7.18. The SMILES string of the molecule is CCOc1cccc2cc(-c3nc(-c4ccc(Cl)cc4)cs3)c(=Nc3ccccc3Cl)oc12. The molecule has 0 aliphatic carbocycles. The van der Waals surface area contributed by atoms with Gasteiger partial charge in [0.15, 0.2) is 11.3 Å². The summed E-state index contributed by atoms with van der Waals surface area (Å²) in [6.45, 7) is 2.47. The first-order chi connectivity index (χ1) is 16.1. The van der Waals surface area contributed by atoms with Crippen molar-refractivity contribution in [2.24, 2.45) is 4.99 Å².